The van der Waals surface area contributed by atoms with Crippen molar-refractivity contribution in [3.05, 3.63) is 66.0 Å². The maximum Gasteiger partial charge on any atom is 0.0284 e. The minimum Gasteiger partial charge on any atom is -0.296 e. The first-order valence-corrected chi connectivity index (χ1v) is 8.04. The predicted molar refractivity (Wildman–Crippen MR) is 90.4 cm³/mol. The van der Waals surface area contributed by atoms with Crippen LogP contribution in [0.3, 0.4) is 0 Å². The summed E-state index contributed by atoms with van der Waals surface area (Å²) in [6.45, 7) is 10.1. The average Bonchev–Trinajstić information content (AvgIpc) is 2.52. The summed E-state index contributed by atoms with van der Waals surface area (Å²) in [4.78, 5) is 9.25. The summed E-state index contributed by atoms with van der Waals surface area (Å²) in [5.41, 5.74) is 2.95. The van der Waals surface area contributed by atoms with Crippen LogP contribution in [0.5, 0.6) is 0 Å². The van der Waals surface area contributed by atoms with Crippen molar-refractivity contribution in [1.29, 1.82) is 0 Å². The maximum atomic E-state index is 4.10. The van der Waals surface area contributed by atoms with Crippen LogP contribution >= 0.6 is 0 Å². The van der Waals surface area contributed by atoms with Crippen LogP contribution in [0.15, 0.2) is 54.9 Å². The highest BCUT2D eigenvalue weighted by Crippen LogP contribution is 2.24. The first kappa shape index (κ1) is 15.2. The Bertz CT molecular complexity index is 580. The van der Waals surface area contributed by atoms with Crippen LogP contribution in [0.25, 0.3) is 0 Å². The fourth-order valence-corrected chi connectivity index (χ4v) is 3.27. The molecular weight excluding hydrogens is 270 g/mol. The molecule has 0 aliphatic carbocycles. The van der Waals surface area contributed by atoms with Crippen LogP contribution in [0, 0.1) is 0 Å². The highest BCUT2D eigenvalue weighted by atomic mass is 15.3. The van der Waals surface area contributed by atoms with E-state index in [-0.39, 0.29) is 5.54 Å². The van der Waals surface area contributed by atoms with E-state index in [4.69, 9.17) is 0 Å². The molecule has 116 valence electrons. The fourth-order valence-electron chi connectivity index (χ4n) is 3.27. The number of piperazine rings is 1. The zero-order valence-electron chi connectivity index (χ0n) is 13.6. The lowest BCUT2D eigenvalue weighted by Crippen LogP contribution is -2.58. The molecule has 0 radical (unpaired) electrons. The standard InChI is InChI=1S/C19H25N3/c1-19(2)16-21(14-18-8-10-20-11-9-18)12-13-22(19)15-17-6-4-3-5-7-17/h3-11H,12-16H2,1-2H3. The third-order valence-corrected chi connectivity index (χ3v) is 4.52. The van der Waals surface area contributed by atoms with Gasteiger partial charge in [0.2, 0.25) is 0 Å². The van der Waals surface area contributed by atoms with Gasteiger partial charge in [-0.15, -0.1) is 0 Å². The molecule has 22 heavy (non-hydrogen) atoms. The largest absolute Gasteiger partial charge is 0.296 e. The number of hydrogen-bond acceptors (Lipinski definition) is 3. The molecule has 1 aromatic carbocycles. The summed E-state index contributed by atoms with van der Waals surface area (Å²) < 4.78 is 0. The Morgan fingerprint density at radius 3 is 2.27 bits per heavy atom. The Labute approximate surface area is 133 Å². The van der Waals surface area contributed by atoms with E-state index in [9.17, 15) is 0 Å². The lowest BCUT2D eigenvalue weighted by molar-refractivity contribution is 0.0103. The SMILES string of the molecule is CC1(C)CN(Cc2ccncc2)CCN1Cc1ccccc1. The van der Waals surface area contributed by atoms with Gasteiger partial charge in [-0.05, 0) is 37.1 Å². The van der Waals surface area contributed by atoms with Crippen molar-refractivity contribution in [2.24, 2.45) is 0 Å². The lowest BCUT2D eigenvalue weighted by atomic mass is 9.97. The number of aromatic nitrogens is 1. The number of nitrogens with zero attached hydrogens (tertiary/aromatic N) is 3. The van der Waals surface area contributed by atoms with Crippen molar-refractivity contribution in [3.63, 3.8) is 0 Å². The number of rotatable bonds is 4. The van der Waals surface area contributed by atoms with E-state index >= 15 is 0 Å². The Balaban J connectivity index is 1.62. The van der Waals surface area contributed by atoms with Crippen molar-refractivity contribution in [1.82, 2.24) is 14.8 Å². The summed E-state index contributed by atoms with van der Waals surface area (Å²) in [5.74, 6) is 0. The highest BCUT2D eigenvalue weighted by Gasteiger charge is 2.33. The average molecular weight is 295 g/mol. The van der Waals surface area contributed by atoms with E-state index in [2.05, 4.69) is 71.1 Å². The molecule has 1 aliphatic heterocycles. The third kappa shape index (κ3) is 3.73. The van der Waals surface area contributed by atoms with Crippen LogP contribution in [0.2, 0.25) is 0 Å². The van der Waals surface area contributed by atoms with Crippen LogP contribution < -0.4 is 0 Å². The predicted octanol–water partition coefficient (Wildman–Crippen LogP) is 3.18. The summed E-state index contributed by atoms with van der Waals surface area (Å²) in [6.07, 6.45) is 3.76. The molecule has 2 heterocycles. The Morgan fingerprint density at radius 1 is 0.909 bits per heavy atom. The van der Waals surface area contributed by atoms with Crippen molar-refractivity contribution in [3.8, 4) is 0 Å². The molecule has 0 N–H and O–H groups in total. The number of hydrogen-bond donors (Lipinski definition) is 0. The van der Waals surface area contributed by atoms with Gasteiger partial charge in [0.05, 0.1) is 0 Å². The maximum absolute atomic E-state index is 4.10. The molecule has 2 aromatic rings. The highest BCUT2D eigenvalue weighted by molar-refractivity contribution is 5.15. The molecule has 0 amide bonds. The molecule has 1 fully saturated rings. The molecule has 0 bridgehead atoms. The van der Waals surface area contributed by atoms with E-state index in [0.29, 0.717) is 0 Å². The minimum atomic E-state index is 0.196. The van der Waals surface area contributed by atoms with Crippen LogP contribution in [0.1, 0.15) is 25.0 Å². The van der Waals surface area contributed by atoms with E-state index in [0.717, 1.165) is 32.7 Å². The molecule has 3 nitrogen and oxygen atoms in total. The Morgan fingerprint density at radius 2 is 1.59 bits per heavy atom. The van der Waals surface area contributed by atoms with Gasteiger partial charge in [0.15, 0.2) is 0 Å². The van der Waals surface area contributed by atoms with Gasteiger partial charge in [0.1, 0.15) is 0 Å². The molecule has 0 atom stereocenters. The molecule has 1 aromatic heterocycles. The van der Waals surface area contributed by atoms with Gasteiger partial charge < -0.3 is 0 Å². The minimum absolute atomic E-state index is 0.196. The lowest BCUT2D eigenvalue weighted by Gasteiger charge is -2.47. The molecular formula is C19H25N3. The molecule has 3 heteroatoms. The summed E-state index contributed by atoms with van der Waals surface area (Å²) in [6, 6.07) is 15.0. The van der Waals surface area contributed by atoms with Gasteiger partial charge in [0, 0.05) is 50.7 Å². The van der Waals surface area contributed by atoms with E-state index in [1.807, 2.05) is 12.4 Å². The summed E-state index contributed by atoms with van der Waals surface area (Å²) in [5, 5.41) is 0. The Hall–Kier alpha value is -1.71. The summed E-state index contributed by atoms with van der Waals surface area (Å²) in [7, 11) is 0. The van der Waals surface area contributed by atoms with Gasteiger partial charge in [-0.25, -0.2) is 0 Å². The monoisotopic (exact) mass is 295 g/mol. The first-order valence-electron chi connectivity index (χ1n) is 8.04. The molecule has 0 saturated carbocycles. The van der Waals surface area contributed by atoms with Crippen molar-refractivity contribution >= 4 is 0 Å². The second-order valence-electron chi connectivity index (χ2n) is 6.79. The second-order valence-corrected chi connectivity index (χ2v) is 6.79. The number of pyridine rings is 1. The van der Waals surface area contributed by atoms with E-state index < -0.39 is 0 Å². The molecule has 3 rings (SSSR count). The zero-order chi connectivity index (χ0) is 15.4. The molecule has 1 saturated heterocycles. The number of benzene rings is 1. The smallest absolute Gasteiger partial charge is 0.0284 e. The third-order valence-electron chi connectivity index (χ3n) is 4.52. The van der Waals surface area contributed by atoms with Gasteiger partial charge in [-0.1, -0.05) is 30.3 Å². The van der Waals surface area contributed by atoms with Crippen LogP contribution in [-0.4, -0.2) is 40.0 Å². The van der Waals surface area contributed by atoms with Crippen LogP contribution in [-0.2, 0) is 13.1 Å². The van der Waals surface area contributed by atoms with Crippen LogP contribution in [0.4, 0.5) is 0 Å². The molecule has 1 aliphatic rings. The van der Waals surface area contributed by atoms with Crippen molar-refractivity contribution in [2.75, 3.05) is 19.6 Å². The van der Waals surface area contributed by atoms with E-state index in [1.54, 1.807) is 0 Å². The molecule has 0 spiro atoms. The van der Waals surface area contributed by atoms with Crippen molar-refractivity contribution < 1.29 is 0 Å². The van der Waals surface area contributed by atoms with Gasteiger partial charge in [-0.3, -0.25) is 14.8 Å². The molecule has 0 unspecified atom stereocenters. The van der Waals surface area contributed by atoms with Gasteiger partial charge >= 0.3 is 0 Å². The topological polar surface area (TPSA) is 19.4 Å². The van der Waals surface area contributed by atoms with Crippen molar-refractivity contribution in [2.45, 2.75) is 32.5 Å². The summed E-state index contributed by atoms with van der Waals surface area (Å²) >= 11 is 0. The van der Waals surface area contributed by atoms with Gasteiger partial charge in [-0.2, -0.15) is 0 Å². The quantitative estimate of drug-likeness (QED) is 0.863. The van der Waals surface area contributed by atoms with E-state index in [1.165, 1.54) is 11.1 Å². The fraction of sp³-hybridized carbons (Fsp3) is 0.421. The normalized spacial score (nSPS) is 19.2. The first-order chi connectivity index (χ1) is 10.6. The second kappa shape index (κ2) is 6.59. The zero-order valence-corrected chi connectivity index (χ0v) is 13.6. The van der Waals surface area contributed by atoms with Gasteiger partial charge in [0.25, 0.3) is 0 Å². The Kier molecular flexibility index (Phi) is 4.55.